The first kappa shape index (κ1) is 31.9. The standard InChI is InChI=1S/C27H42N2O5S3/c1-4-24(30)34-27(26(32)33-2,22-13-9-6-10-14-22)29-25(31)21(17-20-11-7-5-8-12-20)18-36-37-19-23(28)15-16-35-3/h5,7-8,11-12,21-23H,4,6,9-10,13-19,28H2,1-3H3,(H,29,31). The molecule has 1 aliphatic carbocycles. The highest BCUT2D eigenvalue weighted by atomic mass is 33.1. The summed E-state index contributed by atoms with van der Waals surface area (Å²) in [5, 5.41) is 2.91. The van der Waals surface area contributed by atoms with E-state index in [-0.39, 0.29) is 24.3 Å². The number of carbonyl (C=O) groups is 3. The van der Waals surface area contributed by atoms with Crippen molar-refractivity contribution < 1.29 is 23.9 Å². The largest absolute Gasteiger partial charge is 0.465 e. The van der Waals surface area contributed by atoms with Crippen molar-refractivity contribution in [3.8, 4) is 0 Å². The van der Waals surface area contributed by atoms with Crippen LogP contribution < -0.4 is 11.1 Å². The van der Waals surface area contributed by atoms with Gasteiger partial charge in [0.15, 0.2) is 0 Å². The Labute approximate surface area is 233 Å². The van der Waals surface area contributed by atoms with Crippen LogP contribution in [0.1, 0.15) is 57.4 Å². The molecule has 10 heteroatoms. The van der Waals surface area contributed by atoms with E-state index in [0.717, 1.165) is 42.8 Å². The van der Waals surface area contributed by atoms with Gasteiger partial charge in [0.2, 0.25) is 5.91 Å². The second-order valence-corrected chi connectivity index (χ2v) is 12.9. The van der Waals surface area contributed by atoms with Gasteiger partial charge in [-0.15, -0.1) is 0 Å². The molecule has 0 aromatic heterocycles. The molecule has 37 heavy (non-hydrogen) atoms. The number of methoxy groups -OCH3 is 1. The quantitative estimate of drug-likeness (QED) is 0.125. The van der Waals surface area contributed by atoms with Crippen molar-refractivity contribution in [1.29, 1.82) is 0 Å². The third kappa shape index (κ3) is 10.4. The summed E-state index contributed by atoms with van der Waals surface area (Å²) in [6.45, 7) is 1.67. The summed E-state index contributed by atoms with van der Waals surface area (Å²) in [5.41, 5.74) is 5.42. The number of thioether (sulfide) groups is 1. The minimum atomic E-state index is -1.81. The van der Waals surface area contributed by atoms with Gasteiger partial charge in [0.1, 0.15) is 0 Å². The maximum atomic E-state index is 13.8. The summed E-state index contributed by atoms with van der Waals surface area (Å²) in [6, 6.07) is 9.92. The lowest BCUT2D eigenvalue weighted by atomic mass is 9.80. The van der Waals surface area contributed by atoms with E-state index in [9.17, 15) is 14.4 Å². The van der Waals surface area contributed by atoms with E-state index < -0.39 is 23.6 Å². The Kier molecular flexibility index (Phi) is 14.9. The van der Waals surface area contributed by atoms with Crippen molar-refractivity contribution in [1.82, 2.24) is 5.32 Å². The van der Waals surface area contributed by atoms with Crippen LogP contribution in [0.4, 0.5) is 0 Å². The summed E-state index contributed by atoms with van der Waals surface area (Å²) in [6.07, 6.45) is 7.82. The minimum Gasteiger partial charge on any atom is -0.465 e. The summed E-state index contributed by atoms with van der Waals surface area (Å²) in [4.78, 5) is 39.5. The number of carbonyl (C=O) groups excluding carboxylic acids is 3. The Morgan fingerprint density at radius 1 is 1.11 bits per heavy atom. The topological polar surface area (TPSA) is 108 Å². The van der Waals surface area contributed by atoms with Crippen molar-refractivity contribution in [2.75, 3.05) is 30.6 Å². The van der Waals surface area contributed by atoms with Gasteiger partial charge in [0, 0.05) is 29.9 Å². The molecule has 1 saturated carbocycles. The molecule has 1 fully saturated rings. The minimum absolute atomic E-state index is 0.0953. The van der Waals surface area contributed by atoms with Crippen molar-refractivity contribution >= 4 is 51.2 Å². The fourth-order valence-electron chi connectivity index (χ4n) is 4.41. The van der Waals surface area contributed by atoms with Crippen LogP contribution in [0.5, 0.6) is 0 Å². The molecule has 0 radical (unpaired) electrons. The molecular formula is C27H42N2O5S3. The molecule has 1 amide bonds. The van der Waals surface area contributed by atoms with Gasteiger partial charge >= 0.3 is 11.9 Å². The molecule has 0 heterocycles. The second kappa shape index (κ2) is 17.3. The van der Waals surface area contributed by atoms with Crippen LogP contribution in [0.3, 0.4) is 0 Å². The van der Waals surface area contributed by atoms with Crippen molar-refractivity contribution in [2.24, 2.45) is 17.6 Å². The molecule has 208 valence electrons. The number of hydrogen-bond acceptors (Lipinski definition) is 9. The summed E-state index contributed by atoms with van der Waals surface area (Å²) in [7, 11) is 4.54. The zero-order valence-electron chi connectivity index (χ0n) is 22.2. The fraction of sp³-hybridized carbons (Fsp3) is 0.667. The van der Waals surface area contributed by atoms with Crippen LogP contribution in [-0.4, -0.2) is 60.2 Å². The van der Waals surface area contributed by atoms with Gasteiger partial charge in [-0.05, 0) is 43.3 Å². The van der Waals surface area contributed by atoms with Gasteiger partial charge in [0.05, 0.1) is 13.0 Å². The van der Waals surface area contributed by atoms with Crippen molar-refractivity contribution in [2.45, 2.75) is 70.1 Å². The summed E-state index contributed by atoms with van der Waals surface area (Å²) >= 11 is 1.78. The molecule has 3 unspecified atom stereocenters. The Bertz CT molecular complexity index is 839. The highest BCUT2D eigenvalue weighted by Gasteiger charge is 2.52. The van der Waals surface area contributed by atoms with E-state index in [1.165, 1.54) is 7.11 Å². The first-order valence-corrected chi connectivity index (χ1v) is 16.9. The third-order valence-electron chi connectivity index (χ3n) is 6.56. The maximum absolute atomic E-state index is 13.8. The van der Waals surface area contributed by atoms with Gasteiger partial charge in [-0.1, -0.05) is 78.1 Å². The van der Waals surface area contributed by atoms with Crippen molar-refractivity contribution in [3.05, 3.63) is 35.9 Å². The molecular weight excluding hydrogens is 529 g/mol. The van der Waals surface area contributed by atoms with E-state index >= 15 is 0 Å². The molecule has 3 atom stereocenters. The lowest BCUT2D eigenvalue weighted by Gasteiger charge is -2.40. The number of hydrogen-bond donors (Lipinski definition) is 2. The third-order valence-corrected chi connectivity index (χ3v) is 9.79. The number of rotatable bonds is 16. The van der Waals surface area contributed by atoms with Crippen LogP contribution in [0.15, 0.2) is 30.3 Å². The molecule has 0 bridgehead atoms. The van der Waals surface area contributed by atoms with Gasteiger partial charge in [-0.3, -0.25) is 9.59 Å². The molecule has 1 aliphatic rings. The highest BCUT2D eigenvalue weighted by Crippen LogP contribution is 2.36. The van der Waals surface area contributed by atoms with Gasteiger partial charge < -0.3 is 20.5 Å². The van der Waals surface area contributed by atoms with E-state index in [2.05, 4.69) is 11.6 Å². The normalized spacial score (nSPS) is 17.3. The van der Waals surface area contributed by atoms with Crippen LogP contribution in [0, 0.1) is 11.8 Å². The average Bonchev–Trinajstić information content (AvgIpc) is 2.93. The lowest BCUT2D eigenvalue weighted by Crippen LogP contribution is -2.64. The van der Waals surface area contributed by atoms with Crippen LogP contribution in [0.25, 0.3) is 0 Å². The average molecular weight is 571 g/mol. The molecule has 0 spiro atoms. The molecule has 1 aromatic carbocycles. The number of benzene rings is 1. The Morgan fingerprint density at radius 3 is 2.41 bits per heavy atom. The van der Waals surface area contributed by atoms with Gasteiger partial charge in [0.25, 0.3) is 5.72 Å². The number of amides is 1. The first-order chi connectivity index (χ1) is 17.9. The highest BCUT2D eigenvalue weighted by molar-refractivity contribution is 8.76. The number of nitrogens with two attached hydrogens (primary N) is 1. The van der Waals surface area contributed by atoms with E-state index in [1.54, 1.807) is 40.3 Å². The molecule has 2 rings (SSSR count). The molecule has 3 N–H and O–H groups in total. The monoisotopic (exact) mass is 570 g/mol. The smallest absolute Gasteiger partial charge is 0.372 e. The van der Waals surface area contributed by atoms with Gasteiger partial charge in [-0.25, -0.2) is 4.79 Å². The van der Waals surface area contributed by atoms with Crippen LogP contribution in [0.2, 0.25) is 0 Å². The zero-order valence-corrected chi connectivity index (χ0v) is 24.7. The second-order valence-electron chi connectivity index (χ2n) is 9.38. The number of nitrogens with one attached hydrogen (secondary N) is 1. The van der Waals surface area contributed by atoms with E-state index in [4.69, 9.17) is 15.2 Å². The zero-order chi connectivity index (χ0) is 27.1. The number of ether oxygens (including phenoxy) is 2. The lowest BCUT2D eigenvalue weighted by molar-refractivity contribution is -0.197. The molecule has 0 aliphatic heterocycles. The Morgan fingerprint density at radius 2 is 1.78 bits per heavy atom. The van der Waals surface area contributed by atoms with Crippen LogP contribution in [-0.2, 0) is 30.3 Å². The van der Waals surface area contributed by atoms with Crippen molar-refractivity contribution in [3.63, 3.8) is 0 Å². The molecule has 7 nitrogen and oxygen atoms in total. The number of esters is 2. The summed E-state index contributed by atoms with van der Waals surface area (Å²) < 4.78 is 10.9. The maximum Gasteiger partial charge on any atom is 0.372 e. The van der Waals surface area contributed by atoms with Gasteiger partial charge in [-0.2, -0.15) is 11.8 Å². The van der Waals surface area contributed by atoms with E-state index in [1.807, 2.05) is 30.3 Å². The molecule has 1 aromatic rings. The summed E-state index contributed by atoms with van der Waals surface area (Å²) in [5.74, 6) is 0.00603. The predicted molar refractivity (Wildman–Crippen MR) is 155 cm³/mol. The Balaban J connectivity index is 2.23. The van der Waals surface area contributed by atoms with Crippen LogP contribution >= 0.6 is 33.3 Å². The van der Waals surface area contributed by atoms with E-state index in [0.29, 0.717) is 25.0 Å². The predicted octanol–water partition coefficient (Wildman–Crippen LogP) is 4.83. The fourth-order valence-corrected chi connectivity index (χ4v) is 7.51. The first-order valence-electron chi connectivity index (χ1n) is 13.0. The Hall–Kier alpha value is -1.36. The SMILES string of the molecule is CCC(=O)OC(NC(=O)C(CSSCC(N)CCSC)Cc1ccccc1)(C(=O)OC)C1CCCCC1. The molecule has 0 saturated heterocycles.